The Hall–Kier alpha value is -2.08. The Labute approximate surface area is 118 Å². The molecule has 2 rings (SSSR count). The molecular formula is C14H19N3O3. The van der Waals surface area contributed by atoms with E-state index in [0.717, 1.165) is 12.2 Å². The van der Waals surface area contributed by atoms with Crippen LogP contribution in [0, 0.1) is 0 Å². The van der Waals surface area contributed by atoms with E-state index >= 15 is 0 Å². The van der Waals surface area contributed by atoms with Gasteiger partial charge in [0.15, 0.2) is 12.4 Å². The van der Waals surface area contributed by atoms with Gasteiger partial charge in [-0.1, -0.05) is 11.2 Å². The number of aromatic nitrogens is 2. The van der Waals surface area contributed by atoms with Gasteiger partial charge in [-0.15, -0.1) is 0 Å². The zero-order valence-electron chi connectivity index (χ0n) is 11.9. The van der Waals surface area contributed by atoms with E-state index in [0.29, 0.717) is 23.5 Å². The molecule has 0 fully saturated rings. The number of rotatable bonds is 7. The molecule has 0 bridgehead atoms. The van der Waals surface area contributed by atoms with Crippen molar-refractivity contribution in [1.29, 1.82) is 0 Å². The molecular weight excluding hydrogens is 258 g/mol. The summed E-state index contributed by atoms with van der Waals surface area (Å²) in [6, 6.07) is 7.68. The zero-order chi connectivity index (χ0) is 14.4. The van der Waals surface area contributed by atoms with Crippen LogP contribution in [0.15, 0.2) is 28.8 Å². The molecule has 2 aromatic rings. The summed E-state index contributed by atoms with van der Waals surface area (Å²) in [7, 11) is 3.52. The molecule has 0 saturated heterocycles. The monoisotopic (exact) mass is 277 g/mol. The molecule has 0 aliphatic heterocycles. The van der Waals surface area contributed by atoms with Crippen molar-refractivity contribution >= 4 is 0 Å². The first kappa shape index (κ1) is 14.3. The van der Waals surface area contributed by atoms with Gasteiger partial charge in [0, 0.05) is 18.5 Å². The van der Waals surface area contributed by atoms with Gasteiger partial charge in [-0.05, 0) is 26.1 Å². The Bertz CT molecular complexity index is 542. The highest BCUT2D eigenvalue weighted by atomic mass is 16.5. The van der Waals surface area contributed by atoms with Crippen molar-refractivity contribution in [1.82, 2.24) is 15.5 Å². The zero-order valence-corrected chi connectivity index (χ0v) is 11.9. The van der Waals surface area contributed by atoms with Crippen molar-refractivity contribution in [3.05, 3.63) is 36.0 Å². The summed E-state index contributed by atoms with van der Waals surface area (Å²) in [4.78, 5) is 4.28. The van der Waals surface area contributed by atoms with Crippen LogP contribution in [0.1, 0.15) is 18.6 Å². The molecule has 6 nitrogen and oxygen atoms in total. The molecule has 0 amide bonds. The Morgan fingerprint density at radius 2 is 2.15 bits per heavy atom. The predicted octanol–water partition coefficient (Wildman–Crippen LogP) is 1.81. The number of hydrogen-bond acceptors (Lipinski definition) is 6. The SMILES string of the molecule is CNC(C)Cc1noc(COc2cccc(OC)c2)n1. The fourth-order valence-electron chi connectivity index (χ4n) is 1.64. The second kappa shape index (κ2) is 6.91. The minimum absolute atomic E-state index is 0.244. The average Bonchev–Trinajstić information content (AvgIpc) is 2.92. The van der Waals surface area contributed by atoms with Crippen LogP contribution in [0.5, 0.6) is 11.5 Å². The molecule has 1 unspecified atom stereocenters. The van der Waals surface area contributed by atoms with Crippen molar-refractivity contribution in [3.63, 3.8) is 0 Å². The second-order valence-electron chi connectivity index (χ2n) is 4.47. The Kier molecular flexibility index (Phi) is 4.95. The third-order valence-corrected chi connectivity index (χ3v) is 2.90. The van der Waals surface area contributed by atoms with Crippen LogP contribution in [-0.2, 0) is 13.0 Å². The van der Waals surface area contributed by atoms with Crippen LogP contribution in [0.25, 0.3) is 0 Å². The van der Waals surface area contributed by atoms with Gasteiger partial charge in [0.2, 0.25) is 0 Å². The lowest BCUT2D eigenvalue weighted by Gasteiger charge is -2.05. The highest BCUT2D eigenvalue weighted by Crippen LogP contribution is 2.19. The van der Waals surface area contributed by atoms with Crippen LogP contribution < -0.4 is 14.8 Å². The van der Waals surface area contributed by atoms with E-state index < -0.39 is 0 Å². The molecule has 1 aromatic heterocycles. The number of hydrogen-bond donors (Lipinski definition) is 1. The van der Waals surface area contributed by atoms with Crippen molar-refractivity contribution in [2.24, 2.45) is 0 Å². The van der Waals surface area contributed by atoms with Crippen molar-refractivity contribution in [2.75, 3.05) is 14.2 Å². The van der Waals surface area contributed by atoms with E-state index in [2.05, 4.69) is 22.4 Å². The third-order valence-electron chi connectivity index (χ3n) is 2.90. The Balaban J connectivity index is 1.90. The molecule has 1 aromatic carbocycles. The molecule has 1 heterocycles. The standard InChI is InChI=1S/C14H19N3O3/c1-10(15-2)7-13-16-14(20-17-13)9-19-12-6-4-5-11(8-12)18-3/h4-6,8,10,15H,7,9H2,1-3H3. The van der Waals surface area contributed by atoms with Crippen LogP contribution in [0.4, 0.5) is 0 Å². The van der Waals surface area contributed by atoms with E-state index in [1.165, 1.54) is 0 Å². The summed E-state index contributed by atoms with van der Waals surface area (Å²) in [5.74, 6) is 2.59. The van der Waals surface area contributed by atoms with Gasteiger partial charge >= 0.3 is 0 Å². The summed E-state index contributed by atoms with van der Waals surface area (Å²) >= 11 is 0. The molecule has 1 atom stereocenters. The molecule has 1 N–H and O–H groups in total. The average molecular weight is 277 g/mol. The van der Waals surface area contributed by atoms with Gasteiger partial charge in [-0.3, -0.25) is 0 Å². The minimum atomic E-state index is 0.244. The fourth-order valence-corrected chi connectivity index (χ4v) is 1.64. The maximum absolute atomic E-state index is 5.59. The highest BCUT2D eigenvalue weighted by molar-refractivity contribution is 5.32. The van der Waals surface area contributed by atoms with Crippen molar-refractivity contribution in [3.8, 4) is 11.5 Å². The summed E-state index contributed by atoms with van der Waals surface area (Å²) in [5.41, 5.74) is 0. The topological polar surface area (TPSA) is 69.4 Å². The van der Waals surface area contributed by atoms with E-state index in [9.17, 15) is 0 Å². The first-order valence-electron chi connectivity index (χ1n) is 6.47. The number of methoxy groups -OCH3 is 1. The Morgan fingerprint density at radius 3 is 2.90 bits per heavy atom. The first-order valence-corrected chi connectivity index (χ1v) is 6.47. The normalized spacial score (nSPS) is 12.2. The van der Waals surface area contributed by atoms with Crippen LogP contribution in [-0.4, -0.2) is 30.3 Å². The second-order valence-corrected chi connectivity index (χ2v) is 4.47. The van der Waals surface area contributed by atoms with Crippen LogP contribution in [0.3, 0.4) is 0 Å². The fraction of sp³-hybridized carbons (Fsp3) is 0.429. The lowest BCUT2D eigenvalue weighted by Crippen LogP contribution is -2.24. The van der Waals surface area contributed by atoms with Crippen molar-refractivity contribution < 1.29 is 14.0 Å². The lowest BCUT2D eigenvalue weighted by atomic mass is 10.2. The summed E-state index contributed by atoms with van der Waals surface area (Å²) < 4.78 is 15.9. The maximum Gasteiger partial charge on any atom is 0.264 e. The molecule has 0 spiro atoms. The van der Waals surface area contributed by atoms with Crippen molar-refractivity contribution in [2.45, 2.75) is 26.0 Å². The van der Waals surface area contributed by atoms with E-state index in [1.54, 1.807) is 13.2 Å². The Morgan fingerprint density at radius 1 is 1.35 bits per heavy atom. The molecule has 0 radical (unpaired) electrons. The first-order chi connectivity index (χ1) is 9.71. The minimum Gasteiger partial charge on any atom is -0.497 e. The largest absolute Gasteiger partial charge is 0.497 e. The van der Waals surface area contributed by atoms with Gasteiger partial charge in [0.1, 0.15) is 11.5 Å². The number of nitrogens with one attached hydrogen (secondary N) is 1. The highest BCUT2D eigenvalue weighted by Gasteiger charge is 2.10. The number of ether oxygens (including phenoxy) is 2. The third kappa shape index (κ3) is 3.96. The molecule has 6 heteroatoms. The predicted molar refractivity (Wildman–Crippen MR) is 73.8 cm³/mol. The van der Waals surface area contributed by atoms with Gasteiger partial charge in [0.25, 0.3) is 5.89 Å². The smallest absolute Gasteiger partial charge is 0.264 e. The molecule has 108 valence electrons. The summed E-state index contributed by atoms with van der Waals surface area (Å²) in [6.07, 6.45) is 0.721. The number of nitrogens with zero attached hydrogens (tertiary/aromatic N) is 2. The molecule has 0 saturated carbocycles. The molecule has 20 heavy (non-hydrogen) atoms. The summed E-state index contributed by atoms with van der Waals surface area (Å²) in [5, 5.41) is 7.05. The van der Waals surface area contributed by atoms with Gasteiger partial charge in [-0.2, -0.15) is 4.98 Å². The summed E-state index contributed by atoms with van der Waals surface area (Å²) in [6.45, 7) is 2.30. The van der Waals surface area contributed by atoms with Crippen LogP contribution >= 0.6 is 0 Å². The molecule has 0 aliphatic rings. The van der Waals surface area contributed by atoms with E-state index in [4.69, 9.17) is 14.0 Å². The van der Waals surface area contributed by atoms with E-state index in [-0.39, 0.29) is 6.61 Å². The van der Waals surface area contributed by atoms with Gasteiger partial charge in [0.05, 0.1) is 7.11 Å². The maximum atomic E-state index is 5.59. The quantitative estimate of drug-likeness (QED) is 0.832. The molecule has 0 aliphatic carbocycles. The number of likely N-dealkylation sites (N-methyl/N-ethyl adjacent to an activating group) is 1. The number of benzene rings is 1. The van der Waals surface area contributed by atoms with Crippen LogP contribution in [0.2, 0.25) is 0 Å². The lowest BCUT2D eigenvalue weighted by molar-refractivity contribution is 0.241. The van der Waals surface area contributed by atoms with Gasteiger partial charge in [-0.25, -0.2) is 0 Å². The van der Waals surface area contributed by atoms with E-state index in [1.807, 2.05) is 25.2 Å². The van der Waals surface area contributed by atoms with Gasteiger partial charge < -0.3 is 19.3 Å².